The summed E-state index contributed by atoms with van der Waals surface area (Å²) in [7, 11) is 3.30. The van der Waals surface area contributed by atoms with Gasteiger partial charge >= 0.3 is 0 Å². The van der Waals surface area contributed by atoms with E-state index in [1.165, 1.54) is 0 Å². The minimum absolute atomic E-state index is 0. The third kappa shape index (κ3) is 7.05. The maximum Gasteiger partial charge on any atom is 0.180 e. The number of halogens is 2. The van der Waals surface area contributed by atoms with Gasteiger partial charge in [-0.3, -0.25) is 0 Å². The lowest BCUT2D eigenvalue weighted by Crippen LogP contribution is -2.16. The molecule has 0 radical (unpaired) electrons. The normalized spacial score (nSPS) is 9.86. The van der Waals surface area contributed by atoms with Gasteiger partial charge in [-0.1, -0.05) is 24.3 Å². The van der Waals surface area contributed by atoms with Crippen molar-refractivity contribution in [3.63, 3.8) is 0 Å². The van der Waals surface area contributed by atoms with E-state index in [1.54, 1.807) is 20.3 Å². The Morgan fingerprint density at radius 2 is 2.10 bits per heavy atom. The molecule has 0 heterocycles. The number of benzene rings is 1. The highest BCUT2D eigenvalue weighted by atomic mass is 35.5. The van der Waals surface area contributed by atoms with Crippen molar-refractivity contribution >= 4 is 24.0 Å². The van der Waals surface area contributed by atoms with Crippen molar-refractivity contribution in [2.45, 2.75) is 13.0 Å². The molecule has 0 aromatic heterocycles. The smallest absolute Gasteiger partial charge is 0.180 e. The fourth-order valence-corrected chi connectivity index (χ4v) is 2.02. The molecule has 0 aliphatic rings. The molecule has 1 aromatic carbocycles. The second-order valence-corrected chi connectivity index (χ2v) is 4.64. The molecule has 120 valence electrons. The van der Waals surface area contributed by atoms with Crippen LogP contribution in [0.2, 0.25) is 5.02 Å². The molecule has 0 unspecified atom stereocenters. The van der Waals surface area contributed by atoms with E-state index >= 15 is 0 Å². The third-order valence-electron chi connectivity index (χ3n) is 2.67. The molecule has 0 saturated heterocycles. The minimum atomic E-state index is 0. The molecule has 0 amide bonds. The predicted octanol–water partition coefficient (Wildman–Crippen LogP) is 3.46. The van der Waals surface area contributed by atoms with Crippen LogP contribution in [0.3, 0.4) is 0 Å². The fourth-order valence-electron chi connectivity index (χ4n) is 1.73. The standard InChI is InChI=1S/C15H22ClNO3.ClH/c1-4-7-20-15-13(16)9-12(10-14(15)19-3)11-17-6-5-8-18-2;/h4,9-10,17H,1,5-8,11H2,2-3H3;1H. The lowest BCUT2D eigenvalue weighted by molar-refractivity contribution is 0.194. The van der Waals surface area contributed by atoms with Gasteiger partial charge in [0.15, 0.2) is 11.5 Å². The van der Waals surface area contributed by atoms with Crippen LogP contribution in [-0.2, 0) is 11.3 Å². The first-order valence-electron chi connectivity index (χ1n) is 6.52. The number of rotatable bonds is 10. The van der Waals surface area contributed by atoms with E-state index in [9.17, 15) is 0 Å². The largest absolute Gasteiger partial charge is 0.493 e. The van der Waals surface area contributed by atoms with Crippen LogP contribution in [0.25, 0.3) is 0 Å². The lowest BCUT2D eigenvalue weighted by Gasteiger charge is -2.13. The maximum atomic E-state index is 6.22. The van der Waals surface area contributed by atoms with Gasteiger partial charge in [-0.05, 0) is 30.7 Å². The van der Waals surface area contributed by atoms with Crippen LogP contribution in [0, 0.1) is 0 Å². The molecule has 0 bridgehead atoms. The van der Waals surface area contributed by atoms with Crippen molar-refractivity contribution in [2.24, 2.45) is 0 Å². The zero-order chi connectivity index (χ0) is 14.8. The summed E-state index contributed by atoms with van der Waals surface area (Å²) in [5.74, 6) is 1.19. The van der Waals surface area contributed by atoms with E-state index in [-0.39, 0.29) is 12.4 Å². The first-order valence-corrected chi connectivity index (χ1v) is 6.90. The average molecular weight is 336 g/mol. The molecule has 0 aliphatic carbocycles. The van der Waals surface area contributed by atoms with Gasteiger partial charge in [0.2, 0.25) is 0 Å². The van der Waals surface area contributed by atoms with Gasteiger partial charge in [0.25, 0.3) is 0 Å². The van der Waals surface area contributed by atoms with Crippen molar-refractivity contribution < 1.29 is 14.2 Å². The first kappa shape index (κ1) is 20.1. The van der Waals surface area contributed by atoms with E-state index < -0.39 is 0 Å². The van der Waals surface area contributed by atoms with Crippen molar-refractivity contribution in [2.75, 3.05) is 34.0 Å². The molecule has 0 spiro atoms. The Hall–Kier alpha value is -0.940. The Bertz CT molecular complexity index is 428. The molecular weight excluding hydrogens is 313 g/mol. The van der Waals surface area contributed by atoms with Gasteiger partial charge in [-0.15, -0.1) is 12.4 Å². The zero-order valence-corrected chi connectivity index (χ0v) is 14.1. The van der Waals surface area contributed by atoms with Crippen molar-refractivity contribution in [3.05, 3.63) is 35.4 Å². The highest BCUT2D eigenvalue weighted by Gasteiger charge is 2.11. The number of hydrogen-bond acceptors (Lipinski definition) is 4. The van der Waals surface area contributed by atoms with E-state index in [0.717, 1.165) is 31.7 Å². The molecule has 21 heavy (non-hydrogen) atoms. The van der Waals surface area contributed by atoms with Gasteiger partial charge in [-0.25, -0.2) is 0 Å². The molecule has 0 saturated carbocycles. The quantitative estimate of drug-likeness (QED) is 0.525. The van der Waals surface area contributed by atoms with E-state index in [2.05, 4.69) is 11.9 Å². The summed E-state index contributed by atoms with van der Waals surface area (Å²) < 4.78 is 15.8. The SMILES string of the molecule is C=CCOc1c(Cl)cc(CNCCCOC)cc1OC.Cl. The Morgan fingerprint density at radius 3 is 2.71 bits per heavy atom. The Labute approximate surface area is 137 Å². The van der Waals surface area contributed by atoms with E-state index in [4.69, 9.17) is 25.8 Å². The maximum absolute atomic E-state index is 6.22. The molecular formula is C15H23Cl2NO3. The minimum Gasteiger partial charge on any atom is -0.493 e. The van der Waals surface area contributed by atoms with Gasteiger partial charge in [0, 0.05) is 20.3 Å². The van der Waals surface area contributed by atoms with Crippen LogP contribution < -0.4 is 14.8 Å². The molecule has 0 aliphatic heterocycles. The average Bonchev–Trinajstić information content (AvgIpc) is 2.45. The molecule has 6 heteroatoms. The Kier molecular flexibility index (Phi) is 11.2. The predicted molar refractivity (Wildman–Crippen MR) is 89.1 cm³/mol. The second kappa shape index (κ2) is 11.7. The monoisotopic (exact) mass is 335 g/mol. The summed E-state index contributed by atoms with van der Waals surface area (Å²) in [6.07, 6.45) is 2.64. The molecule has 1 rings (SSSR count). The molecule has 1 aromatic rings. The highest BCUT2D eigenvalue weighted by molar-refractivity contribution is 6.32. The van der Waals surface area contributed by atoms with Crippen LogP contribution in [0.1, 0.15) is 12.0 Å². The van der Waals surface area contributed by atoms with Gasteiger partial charge in [0.05, 0.1) is 12.1 Å². The summed E-state index contributed by atoms with van der Waals surface area (Å²) in [5.41, 5.74) is 1.05. The topological polar surface area (TPSA) is 39.7 Å². The van der Waals surface area contributed by atoms with Gasteiger partial charge in [0.1, 0.15) is 6.61 Å². The zero-order valence-electron chi connectivity index (χ0n) is 12.5. The van der Waals surface area contributed by atoms with Crippen LogP contribution in [0.4, 0.5) is 0 Å². The molecule has 1 N–H and O–H groups in total. The number of ether oxygens (including phenoxy) is 3. The third-order valence-corrected chi connectivity index (χ3v) is 2.95. The summed E-state index contributed by atoms with van der Waals surface area (Å²) in [6, 6.07) is 3.81. The van der Waals surface area contributed by atoms with Crippen molar-refractivity contribution in [1.29, 1.82) is 0 Å². The molecule has 4 nitrogen and oxygen atoms in total. The Morgan fingerprint density at radius 1 is 1.33 bits per heavy atom. The second-order valence-electron chi connectivity index (χ2n) is 4.23. The first-order chi connectivity index (χ1) is 9.72. The summed E-state index contributed by atoms with van der Waals surface area (Å²) in [6.45, 7) is 6.38. The number of nitrogens with one attached hydrogen (secondary N) is 1. The Balaban J connectivity index is 0.00000400. The lowest BCUT2D eigenvalue weighted by atomic mass is 10.2. The van der Waals surface area contributed by atoms with Gasteiger partial charge in [-0.2, -0.15) is 0 Å². The van der Waals surface area contributed by atoms with Crippen molar-refractivity contribution in [1.82, 2.24) is 5.32 Å². The van der Waals surface area contributed by atoms with Crippen molar-refractivity contribution in [3.8, 4) is 11.5 Å². The van der Waals surface area contributed by atoms with Crippen LogP contribution in [0.15, 0.2) is 24.8 Å². The van der Waals surface area contributed by atoms with E-state index in [1.807, 2.05) is 12.1 Å². The molecule has 0 atom stereocenters. The van der Waals surface area contributed by atoms with Crippen LogP contribution in [0.5, 0.6) is 11.5 Å². The summed E-state index contributed by atoms with van der Waals surface area (Å²) >= 11 is 6.22. The van der Waals surface area contributed by atoms with Crippen LogP contribution in [-0.4, -0.2) is 34.0 Å². The number of methoxy groups -OCH3 is 2. The molecule has 0 fully saturated rings. The summed E-state index contributed by atoms with van der Waals surface area (Å²) in [5, 5.41) is 3.87. The summed E-state index contributed by atoms with van der Waals surface area (Å²) in [4.78, 5) is 0. The van der Waals surface area contributed by atoms with E-state index in [0.29, 0.717) is 23.1 Å². The van der Waals surface area contributed by atoms with Crippen LogP contribution >= 0.6 is 24.0 Å². The number of hydrogen-bond donors (Lipinski definition) is 1. The van der Waals surface area contributed by atoms with Gasteiger partial charge < -0.3 is 19.5 Å². The highest BCUT2D eigenvalue weighted by Crippen LogP contribution is 2.36. The fraction of sp³-hybridized carbons (Fsp3) is 0.467.